The van der Waals surface area contributed by atoms with E-state index >= 15 is 0 Å². The zero-order valence-electron chi connectivity index (χ0n) is 14.2. The van der Waals surface area contributed by atoms with E-state index < -0.39 is 15.9 Å². The molecule has 2 aromatic rings. The number of rotatable bonds is 7. The Bertz CT molecular complexity index is 834. The number of methoxy groups -OCH3 is 1. The predicted molar refractivity (Wildman–Crippen MR) is 94.1 cm³/mol. The van der Waals surface area contributed by atoms with Crippen molar-refractivity contribution in [2.24, 2.45) is 0 Å². The Hall–Kier alpha value is -2.58. The van der Waals surface area contributed by atoms with Crippen molar-refractivity contribution in [2.75, 3.05) is 25.1 Å². The highest BCUT2D eigenvalue weighted by atomic mass is 32.2. The van der Waals surface area contributed by atoms with Gasteiger partial charge in [0.25, 0.3) is 15.9 Å². The van der Waals surface area contributed by atoms with Gasteiger partial charge in [0.1, 0.15) is 5.75 Å². The minimum Gasteiger partial charge on any atom is -0.497 e. The SMILES string of the molecule is CCONC(=O)c1cccc(S(=O)(=O)N(C)c2ccc(OC)cc2)c1. The molecule has 0 radical (unpaired) electrons. The van der Waals surface area contributed by atoms with Gasteiger partial charge in [-0.15, -0.1) is 0 Å². The Balaban J connectivity index is 2.30. The third kappa shape index (κ3) is 4.28. The maximum Gasteiger partial charge on any atom is 0.274 e. The van der Waals surface area contributed by atoms with E-state index in [1.54, 1.807) is 31.2 Å². The molecule has 2 rings (SSSR count). The molecule has 0 aliphatic heterocycles. The van der Waals surface area contributed by atoms with Crippen LogP contribution in [0.25, 0.3) is 0 Å². The molecule has 0 aromatic heterocycles. The molecule has 0 atom stereocenters. The van der Waals surface area contributed by atoms with Crippen molar-refractivity contribution >= 4 is 21.6 Å². The number of carbonyl (C=O) groups is 1. The predicted octanol–water partition coefficient (Wildman–Crippen LogP) is 2.20. The molecule has 8 heteroatoms. The fourth-order valence-corrected chi connectivity index (χ4v) is 3.33. The zero-order valence-corrected chi connectivity index (χ0v) is 15.0. The summed E-state index contributed by atoms with van der Waals surface area (Å²) in [7, 11) is -0.832. The number of sulfonamides is 1. The van der Waals surface area contributed by atoms with Gasteiger partial charge >= 0.3 is 0 Å². The number of benzene rings is 2. The number of nitrogens with one attached hydrogen (secondary N) is 1. The molecule has 0 aliphatic carbocycles. The Morgan fingerprint density at radius 2 is 1.84 bits per heavy atom. The summed E-state index contributed by atoms with van der Waals surface area (Å²) in [6.07, 6.45) is 0. The van der Waals surface area contributed by atoms with Crippen LogP contribution in [0.5, 0.6) is 5.75 Å². The first kappa shape index (κ1) is 18.8. The number of anilines is 1. The molecule has 0 spiro atoms. The maximum absolute atomic E-state index is 12.8. The van der Waals surface area contributed by atoms with E-state index in [0.717, 1.165) is 4.31 Å². The lowest BCUT2D eigenvalue weighted by atomic mass is 10.2. The van der Waals surface area contributed by atoms with E-state index in [0.29, 0.717) is 18.0 Å². The number of hydroxylamine groups is 1. The van der Waals surface area contributed by atoms with Crippen molar-refractivity contribution in [1.82, 2.24) is 5.48 Å². The summed E-state index contributed by atoms with van der Waals surface area (Å²) in [6.45, 7) is 2.04. The molecule has 0 fully saturated rings. The number of nitrogens with zero attached hydrogens (tertiary/aromatic N) is 1. The highest BCUT2D eigenvalue weighted by Gasteiger charge is 2.22. The van der Waals surface area contributed by atoms with Gasteiger partial charge in [0.05, 0.1) is 24.3 Å². The molecule has 0 heterocycles. The summed E-state index contributed by atoms with van der Waals surface area (Å²) in [4.78, 5) is 16.8. The van der Waals surface area contributed by atoms with E-state index in [1.165, 1.54) is 38.4 Å². The second kappa shape index (κ2) is 8.00. The van der Waals surface area contributed by atoms with E-state index in [4.69, 9.17) is 9.57 Å². The molecule has 1 N–H and O–H groups in total. The molecule has 0 unspecified atom stereocenters. The molecule has 1 amide bonds. The van der Waals surface area contributed by atoms with Crippen LogP contribution in [0.2, 0.25) is 0 Å². The standard InChI is InChI=1S/C17H20N2O5S/c1-4-24-18-17(20)13-6-5-7-16(12-13)25(21,22)19(2)14-8-10-15(23-3)11-9-14/h5-12H,4H2,1-3H3,(H,18,20). The maximum atomic E-state index is 12.8. The van der Waals surface area contributed by atoms with Crippen LogP contribution in [0.3, 0.4) is 0 Å². The fraction of sp³-hybridized carbons (Fsp3) is 0.235. The normalized spacial score (nSPS) is 11.0. The van der Waals surface area contributed by atoms with Crippen LogP contribution in [0.15, 0.2) is 53.4 Å². The highest BCUT2D eigenvalue weighted by Crippen LogP contribution is 2.24. The quantitative estimate of drug-likeness (QED) is 0.762. The summed E-state index contributed by atoms with van der Waals surface area (Å²) in [5, 5.41) is 0. The third-order valence-corrected chi connectivity index (χ3v) is 5.28. The number of amides is 1. The molecule has 25 heavy (non-hydrogen) atoms. The average Bonchev–Trinajstić information content (AvgIpc) is 2.65. The van der Waals surface area contributed by atoms with Gasteiger partial charge in [-0.1, -0.05) is 6.07 Å². The van der Waals surface area contributed by atoms with E-state index in [9.17, 15) is 13.2 Å². The zero-order chi connectivity index (χ0) is 18.4. The molecule has 0 bridgehead atoms. The lowest BCUT2D eigenvalue weighted by Gasteiger charge is -2.20. The minimum atomic E-state index is -3.82. The first-order valence-corrected chi connectivity index (χ1v) is 8.99. The van der Waals surface area contributed by atoms with Gasteiger partial charge < -0.3 is 4.74 Å². The number of hydrogen-bond acceptors (Lipinski definition) is 5. The molecule has 0 saturated heterocycles. The van der Waals surface area contributed by atoms with Crippen molar-refractivity contribution in [3.63, 3.8) is 0 Å². The average molecular weight is 364 g/mol. The Kier molecular flexibility index (Phi) is 6.00. The van der Waals surface area contributed by atoms with Gasteiger partial charge in [-0.2, -0.15) is 0 Å². The second-order valence-electron chi connectivity index (χ2n) is 5.06. The van der Waals surface area contributed by atoms with Crippen LogP contribution >= 0.6 is 0 Å². The first-order chi connectivity index (χ1) is 11.9. The topological polar surface area (TPSA) is 84.9 Å². The van der Waals surface area contributed by atoms with Crippen molar-refractivity contribution in [2.45, 2.75) is 11.8 Å². The van der Waals surface area contributed by atoms with Crippen molar-refractivity contribution < 1.29 is 22.8 Å². The highest BCUT2D eigenvalue weighted by molar-refractivity contribution is 7.92. The van der Waals surface area contributed by atoms with Gasteiger partial charge in [0.2, 0.25) is 0 Å². The molecule has 7 nitrogen and oxygen atoms in total. The van der Waals surface area contributed by atoms with Gasteiger partial charge in [0, 0.05) is 12.6 Å². The van der Waals surface area contributed by atoms with Crippen molar-refractivity contribution in [1.29, 1.82) is 0 Å². The summed E-state index contributed by atoms with van der Waals surface area (Å²) in [5.74, 6) is 0.121. The molecule has 134 valence electrons. The Labute approximate surface area is 147 Å². The van der Waals surface area contributed by atoms with E-state index in [2.05, 4.69) is 5.48 Å². The Morgan fingerprint density at radius 1 is 1.16 bits per heavy atom. The van der Waals surface area contributed by atoms with Crippen LogP contribution in [0.1, 0.15) is 17.3 Å². The molecular formula is C17H20N2O5S. The summed E-state index contributed by atoms with van der Waals surface area (Å²) in [6, 6.07) is 12.4. The fourth-order valence-electron chi connectivity index (χ4n) is 2.08. The van der Waals surface area contributed by atoms with Crippen LogP contribution in [0.4, 0.5) is 5.69 Å². The summed E-state index contributed by atoms with van der Waals surface area (Å²) >= 11 is 0. The van der Waals surface area contributed by atoms with Gasteiger partial charge in [0.15, 0.2) is 0 Å². The molecule has 0 saturated carbocycles. The van der Waals surface area contributed by atoms with E-state index in [-0.39, 0.29) is 10.5 Å². The second-order valence-corrected chi connectivity index (χ2v) is 7.03. The third-order valence-electron chi connectivity index (χ3n) is 3.50. The lowest BCUT2D eigenvalue weighted by Crippen LogP contribution is -2.27. The largest absolute Gasteiger partial charge is 0.497 e. The first-order valence-electron chi connectivity index (χ1n) is 7.55. The van der Waals surface area contributed by atoms with Crippen LogP contribution in [-0.4, -0.2) is 35.1 Å². The molecule has 0 aliphatic rings. The number of ether oxygens (including phenoxy) is 1. The smallest absolute Gasteiger partial charge is 0.274 e. The van der Waals surface area contributed by atoms with E-state index in [1.807, 2.05) is 0 Å². The minimum absolute atomic E-state index is 0.00923. The van der Waals surface area contributed by atoms with Crippen LogP contribution in [0, 0.1) is 0 Å². The van der Waals surface area contributed by atoms with Gasteiger partial charge in [-0.05, 0) is 49.4 Å². The van der Waals surface area contributed by atoms with Gasteiger partial charge in [-0.3, -0.25) is 13.9 Å². The Morgan fingerprint density at radius 3 is 2.44 bits per heavy atom. The summed E-state index contributed by atoms with van der Waals surface area (Å²) < 4.78 is 31.8. The number of carbonyl (C=O) groups excluding carboxylic acids is 1. The monoisotopic (exact) mass is 364 g/mol. The van der Waals surface area contributed by atoms with Crippen LogP contribution < -0.4 is 14.5 Å². The molecular weight excluding hydrogens is 344 g/mol. The molecule has 2 aromatic carbocycles. The summed E-state index contributed by atoms with van der Waals surface area (Å²) in [5.41, 5.74) is 2.91. The van der Waals surface area contributed by atoms with Crippen molar-refractivity contribution in [3.8, 4) is 5.75 Å². The number of hydrogen-bond donors (Lipinski definition) is 1. The van der Waals surface area contributed by atoms with Crippen LogP contribution in [-0.2, 0) is 14.9 Å². The lowest BCUT2D eigenvalue weighted by molar-refractivity contribution is 0.0364. The van der Waals surface area contributed by atoms with Crippen molar-refractivity contribution in [3.05, 3.63) is 54.1 Å². The van der Waals surface area contributed by atoms with Gasteiger partial charge in [-0.25, -0.2) is 13.9 Å².